The Morgan fingerprint density at radius 3 is 2.46 bits per heavy atom. The quantitative estimate of drug-likeness (QED) is 0.715. The summed E-state index contributed by atoms with van der Waals surface area (Å²) in [5.74, 6) is -0.294. The molecule has 146 valence electrons. The Balaban J connectivity index is 2.04. The van der Waals surface area contributed by atoms with Gasteiger partial charge in [0.25, 0.3) is 5.56 Å². The van der Waals surface area contributed by atoms with Crippen LogP contribution in [0.25, 0.3) is 10.9 Å². The average Bonchev–Trinajstić information content (AvgIpc) is 2.70. The Morgan fingerprint density at radius 2 is 1.75 bits per heavy atom. The van der Waals surface area contributed by atoms with Crippen molar-refractivity contribution in [3.8, 4) is 0 Å². The second kappa shape index (κ2) is 8.25. The molecule has 0 radical (unpaired) electrons. The Labute approximate surface area is 163 Å². The predicted molar refractivity (Wildman–Crippen MR) is 112 cm³/mol. The standard InChI is InChI=1S/C22H25N3O3/c1-4-13-24-21(27)17-11-6-7-12-18(17)25(22(24)28)14-19(26)23-20-15(3)9-8-10-16(20)5-2/h6-12H,4-5,13-14H2,1-3H3,(H,23,26). The lowest BCUT2D eigenvalue weighted by Crippen LogP contribution is -2.41. The number of rotatable bonds is 6. The highest BCUT2D eigenvalue weighted by atomic mass is 16.2. The minimum atomic E-state index is -0.457. The molecule has 1 N–H and O–H groups in total. The molecule has 0 saturated carbocycles. The maximum Gasteiger partial charge on any atom is 0.331 e. The van der Waals surface area contributed by atoms with Crippen molar-refractivity contribution in [1.29, 1.82) is 0 Å². The van der Waals surface area contributed by atoms with E-state index in [1.807, 2.05) is 39.0 Å². The van der Waals surface area contributed by atoms with Crippen LogP contribution in [0.4, 0.5) is 5.69 Å². The van der Waals surface area contributed by atoms with Gasteiger partial charge in [0.15, 0.2) is 0 Å². The Bertz CT molecular complexity index is 1140. The van der Waals surface area contributed by atoms with Crippen LogP contribution < -0.4 is 16.6 Å². The minimum absolute atomic E-state index is 0.152. The lowest BCUT2D eigenvalue weighted by Gasteiger charge is -2.16. The Kier molecular flexibility index (Phi) is 5.78. The molecule has 0 aliphatic rings. The molecule has 1 heterocycles. The van der Waals surface area contributed by atoms with Crippen LogP contribution in [-0.2, 0) is 24.3 Å². The molecule has 3 rings (SSSR count). The summed E-state index contributed by atoms with van der Waals surface area (Å²) in [7, 11) is 0. The molecule has 6 heteroatoms. The summed E-state index contributed by atoms with van der Waals surface area (Å²) in [6.07, 6.45) is 1.45. The molecule has 2 aromatic carbocycles. The van der Waals surface area contributed by atoms with Crippen LogP contribution in [0, 0.1) is 6.92 Å². The number of benzene rings is 2. The average molecular weight is 379 g/mol. The van der Waals surface area contributed by atoms with Crippen LogP contribution in [-0.4, -0.2) is 15.0 Å². The van der Waals surface area contributed by atoms with E-state index < -0.39 is 5.69 Å². The molecule has 1 amide bonds. The molecule has 0 atom stereocenters. The van der Waals surface area contributed by atoms with Gasteiger partial charge < -0.3 is 5.32 Å². The number of fused-ring (bicyclic) bond motifs is 1. The van der Waals surface area contributed by atoms with Gasteiger partial charge >= 0.3 is 5.69 Å². The van der Waals surface area contributed by atoms with Gasteiger partial charge in [0.05, 0.1) is 10.9 Å². The molecule has 0 fully saturated rings. The number of nitrogens with zero attached hydrogens (tertiary/aromatic N) is 2. The molecule has 6 nitrogen and oxygen atoms in total. The van der Waals surface area contributed by atoms with Crippen molar-refractivity contribution in [2.75, 3.05) is 5.32 Å². The third-order valence-electron chi connectivity index (χ3n) is 4.89. The van der Waals surface area contributed by atoms with Crippen molar-refractivity contribution in [3.05, 3.63) is 74.4 Å². The lowest BCUT2D eigenvalue weighted by atomic mass is 10.1. The fourth-order valence-electron chi connectivity index (χ4n) is 3.47. The van der Waals surface area contributed by atoms with Crippen LogP contribution in [0.2, 0.25) is 0 Å². The zero-order valence-electron chi connectivity index (χ0n) is 16.5. The fourth-order valence-corrected chi connectivity index (χ4v) is 3.47. The van der Waals surface area contributed by atoms with Gasteiger partial charge in [-0.15, -0.1) is 0 Å². The van der Waals surface area contributed by atoms with Crippen molar-refractivity contribution in [3.63, 3.8) is 0 Å². The van der Waals surface area contributed by atoms with Crippen molar-refractivity contribution in [2.24, 2.45) is 0 Å². The van der Waals surface area contributed by atoms with E-state index in [0.29, 0.717) is 23.9 Å². The molecular weight excluding hydrogens is 354 g/mol. The second-order valence-corrected chi connectivity index (χ2v) is 6.85. The van der Waals surface area contributed by atoms with E-state index in [0.717, 1.165) is 23.2 Å². The number of carbonyl (C=O) groups is 1. The van der Waals surface area contributed by atoms with Gasteiger partial charge in [0, 0.05) is 12.2 Å². The molecule has 0 bridgehead atoms. The van der Waals surface area contributed by atoms with Gasteiger partial charge in [0.1, 0.15) is 6.54 Å². The highest BCUT2D eigenvalue weighted by Gasteiger charge is 2.16. The number of para-hydroxylation sites is 2. The van der Waals surface area contributed by atoms with Crippen LogP contribution in [0.15, 0.2) is 52.1 Å². The van der Waals surface area contributed by atoms with Gasteiger partial charge in [-0.2, -0.15) is 0 Å². The first-order valence-corrected chi connectivity index (χ1v) is 9.58. The van der Waals surface area contributed by atoms with Gasteiger partial charge in [-0.1, -0.05) is 44.2 Å². The molecule has 0 unspecified atom stereocenters. The largest absolute Gasteiger partial charge is 0.331 e. The highest BCUT2D eigenvalue weighted by Crippen LogP contribution is 2.21. The molecule has 0 saturated heterocycles. The van der Waals surface area contributed by atoms with E-state index in [9.17, 15) is 14.4 Å². The number of aryl methyl sites for hydroxylation is 2. The maximum absolute atomic E-state index is 12.9. The maximum atomic E-state index is 12.9. The van der Waals surface area contributed by atoms with E-state index in [2.05, 4.69) is 5.32 Å². The molecule has 1 aromatic heterocycles. The number of amides is 1. The first-order valence-electron chi connectivity index (χ1n) is 9.58. The molecule has 0 aliphatic heterocycles. The Morgan fingerprint density at radius 1 is 1.00 bits per heavy atom. The van der Waals surface area contributed by atoms with E-state index in [1.54, 1.807) is 24.3 Å². The summed E-state index contributed by atoms with van der Waals surface area (Å²) in [6, 6.07) is 12.8. The zero-order chi connectivity index (χ0) is 20.3. The normalized spacial score (nSPS) is 11.0. The van der Waals surface area contributed by atoms with Gasteiger partial charge in [0.2, 0.25) is 5.91 Å². The monoisotopic (exact) mass is 379 g/mol. The van der Waals surface area contributed by atoms with Crippen molar-refractivity contribution < 1.29 is 4.79 Å². The molecule has 0 aliphatic carbocycles. The van der Waals surface area contributed by atoms with Gasteiger partial charge in [-0.05, 0) is 43.0 Å². The lowest BCUT2D eigenvalue weighted by molar-refractivity contribution is -0.116. The first-order chi connectivity index (χ1) is 13.5. The zero-order valence-corrected chi connectivity index (χ0v) is 16.5. The van der Waals surface area contributed by atoms with Crippen LogP contribution in [0.5, 0.6) is 0 Å². The number of carbonyl (C=O) groups excluding carboxylic acids is 1. The van der Waals surface area contributed by atoms with Crippen molar-refractivity contribution >= 4 is 22.5 Å². The number of nitrogens with one attached hydrogen (secondary N) is 1. The van der Waals surface area contributed by atoms with Gasteiger partial charge in [-0.3, -0.25) is 18.7 Å². The van der Waals surface area contributed by atoms with E-state index >= 15 is 0 Å². The second-order valence-electron chi connectivity index (χ2n) is 6.85. The number of hydrogen-bond donors (Lipinski definition) is 1. The smallest absolute Gasteiger partial charge is 0.324 e. The predicted octanol–water partition coefficient (Wildman–Crippen LogP) is 3.08. The SMILES string of the molecule is CCCn1c(=O)c2ccccc2n(CC(=O)Nc2c(C)cccc2CC)c1=O. The number of anilines is 1. The minimum Gasteiger partial charge on any atom is -0.324 e. The van der Waals surface area contributed by atoms with E-state index in [4.69, 9.17) is 0 Å². The van der Waals surface area contributed by atoms with Crippen LogP contribution >= 0.6 is 0 Å². The fraction of sp³-hybridized carbons (Fsp3) is 0.318. The molecule has 28 heavy (non-hydrogen) atoms. The number of hydrogen-bond acceptors (Lipinski definition) is 3. The summed E-state index contributed by atoms with van der Waals surface area (Å²) in [5.41, 5.74) is 2.50. The summed E-state index contributed by atoms with van der Waals surface area (Å²) in [4.78, 5) is 38.4. The molecule has 3 aromatic rings. The third kappa shape index (κ3) is 3.63. The van der Waals surface area contributed by atoms with Crippen LogP contribution in [0.1, 0.15) is 31.4 Å². The topological polar surface area (TPSA) is 73.1 Å². The van der Waals surface area contributed by atoms with E-state index in [-0.39, 0.29) is 18.0 Å². The summed E-state index contributed by atoms with van der Waals surface area (Å²) in [6.45, 7) is 6.05. The van der Waals surface area contributed by atoms with E-state index in [1.165, 1.54) is 9.13 Å². The summed E-state index contributed by atoms with van der Waals surface area (Å²) in [5, 5.41) is 3.39. The number of aromatic nitrogens is 2. The highest BCUT2D eigenvalue weighted by molar-refractivity contribution is 5.93. The molecule has 0 spiro atoms. The van der Waals surface area contributed by atoms with Crippen molar-refractivity contribution in [2.45, 2.75) is 46.7 Å². The summed E-state index contributed by atoms with van der Waals surface area (Å²) < 4.78 is 2.59. The van der Waals surface area contributed by atoms with Crippen LogP contribution in [0.3, 0.4) is 0 Å². The first kappa shape index (κ1) is 19.6. The Hall–Kier alpha value is -3.15. The van der Waals surface area contributed by atoms with Crippen molar-refractivity contribution in [1.82, 2.24) is 9.13 Å². The third-order valence-corrected chi connectivity index (χ3v) is 4.89. The molecular formula is C22H25N3O3. The summed E-state index contributed by atoms with van der Waals surface area (Å²) >= 11 is 0. The van der Waals surface area contributed by atoms with Gasteiger partial charge in [-0.25, -0.2) is 4.79 Å².